The Bertz CT molecular complexity index is 1080. The maximum Gasteiger partial charge on any atom is 0.243 e. The molecule has 6 atom stereocenters. The van der Waals surface area contributed by atoms with Crippen molar-refractivity contribution in [3.05, 3.63) is 65.7 Å². The van der Waals surface area contributed by atoms with Crippen molar-refractivity contribution in [1.82, 2.24) is 4.31 Å². The fourth-order valence-corrected chi connectivity index (χ4v) is 8.74. The summed E-state index contributed by atoms with van der Waals surface area (Å²) < 4.78 is 27.8. The van der Waals surface area contributed by atoms with Crippen molar-refractivity contribution in [3.8, 4) is 0 Å². The lowest BCUT2D eigenvalue weighted by molar-refractivity contribution is 0.335. The number of benzene rings is 2. The molecule has 0 radical (unpaired) electrons. The van der Waals surface area contributed by atoms with Crippen LogP contribution in [0.15, 0.2) is 59.5 Å². The van der Waals surface area contributed by atoms with E-state index in [9.17, 15) is 8.42 Å². The summed E-state index contributed by atoms with van der Waals surface area (Å²) in [5.74, 6) is 3.46. The molecule has 4 fully saturated rings. The normalized spacial score (nSPS) is 34.8. The molecule has 0 spiro atoms. The lowest BCUT2D eigenvalue weighted by Crippen LogP contribution is -2.34. The van der Waals surface area contributed by atoms with E-state index in [4.69, 9.17) is 34.8 Å². The van der Waals surface area contributed by atoms with Crippen LogP contribution in [-0.4, -0.2) is 30.1 Å². The van der Waals surface area contributed by atoms with Crippen LogP contribution in [0.5, 0.6) is 0 Å². The van der Waals surface area contributed by atoms with Gasteiger partial charge in [0, 0.05) is 13.1 Å². The molecule has 3 saturated carbocycles. The second-order valence-corrected chi connectivity index (χ2v) is 14.0. The number of rotatable bonds is 4. The van der Waals surface area contributed by atoms with E-state index in [0.717, 1.165) is 23.3 Å². The van der Waals surface area contributed by atoms with E-state index in [1.54, 1.807) is 12.1 Å². The van der Waals surface area contributed by atoms with Crippen LogP contribution in [0.3, 0.4) is 0 Å². The lowest BCUT2D eigenvalue weighted by Gasteiger charge is -2.24. The number of piperidine rings is 1. The number of aryl methyl sites for hydroxylation is 1. The Labute approximate surface area is 212 Å². The van der Waals surface area contributed by atoms with Gasteiger partial charge in [-0.3, -0.25) is 0 Å². The molecule has 0 aromatic heterocycles. The molecule has 3 aliphatic carbocycles. The first kappa shape index (κ1) is 23.9. The topological polar surface area (TPSA) is 37.4 Å². The molecule has 33 heavy (non-hydrogen) atoms. The molecular weight excluding hydrogens is 497 g/mol. The standard InChI is InChI=1S/C25H29NO2S.CHCl3/c1-17-11-13-19(14-12-17)29(27,28)26-15-22-23(18-7-3-2-4-8-18)25(22,16-26)24-20-9-5-6-10-21(20)24;2-1(3)4/h2-4,7-8,11-14,20-24H,5-6,9-10,15-16H2,1H3;1H/t20-,21+,22-,23-,24?,25+;/m1./s1. The maximum absolute atomic E-state index is 13.4. The van der Waals surface area contributed by atoms with E-state index in [1.165, 1.54) is 31.2 Å². The zero-order chi connectivity index (χ0) is 23.4. The minimum Gasteiger partial charge on any atom is -0.207 e. The molecule has 0 N–H and O–H groups in total. The summed E-state index contributed by atoms with van der Waals surface area (Å²) in [5.41, 5.74) is 2.70. The average molecular weight is 527 g/mol. The lowest BCUT2D eigenvalue weighted by atomic mass is 9.91. The third kappa shape index (κ3) is 4.25. The third-order valence-electron chi connectivity index (χ3n) is 8.51. The van der Waals surface area contributed by atoms with Crippen LogP contribution >= 0.6 is 34.8 Å². The highest BCUT2D eigenvalue weighted by Gasteiger charge is 2.79. The van der Waals surface area contributed by atoms with E-state index in [0.29, 0.717) is 29.8 Å². The second-order valence-electron chi connectivity index (χ2n) is 10.1. The molecule has 3 nitrogen and oxygen atoms in total. The highest BCUT2D eigenvalue weighted by molar-refractivity contribution is 7.89. The monoisotopic (exact) mass is 525 g/mol. The summed E-state index contributed by atoms with van der Waals surface area (Å²) in [6, 6.07) is 18.2. The number of alkyl halides is 3. The molecule has 7 heteroatoms. The Morgan fingerprint density at radius 3 is 2.09 bits per heavy atom. The van der Waals surface area contributed by atoms with Crippen molar-refractivity contribution in [2.24, 2.45) is 29.1 Å². The molecule has 0 amide bonds. The Balaban J connectivity index is 0.000000531. The molecule has 1 unspecified atom stereocenters. The highest BCUT2D eigenvalue weighted by Crippen LogP contribution is 2.81. The fourth-order valence-electron chi connectivity index (χ4n) is 7.22. The summed E-state index contributed by atoms with van der Waals surface area (Å²) in [6.45, 7) is 3.40. The van der Waals surface area contributed by atoms with Crippen molar-refractivity contribution in [2.75, 3.05) is 13.1 Å². The fraction of sp³-hybridized carbons (Fsp3) is 0.538. The Hall–Kier alpha value is -0.780. The van der Waals surface area contributed by atoms with Crippen LogP contribution in [0, 0.1) is 36.0 Å². The molecular formula is C26H30Cl3NO2S. The van der Waals surface area contributed by atoms with Gasteiger partial charge in [-0.2, -0.15) is 4.31 Å². The molecule has 1 aliphatic heterocycles. The molecule has 2 aromatic rings. The summed E-state index contributed by atoms with van der Waals surface area (Å²) in [5, 5.41) is 0. The van der Waals surface area contributed by atoms with Gasteiger partial charge in [-0.15, -0.1) is 0 Å². The van der Waals surface area contributed by atoms with Gasteiger partial charge in [0.1, 0.15) is 0 Å². The Kier molecular flexibility index (Phi) is 6.54. The van der Waals surface area contributed by atoms with E-state index in [2.05, 4.69) is 30.3 Å². The zero-order valence-corrected chi connectivity index (χ0v) is 21.8. The first-order valence-corrected chi connectivity index (χ1v) is 14.6. The SMILES string of the molecule is Cc1ccc(S(=O)(=O)N2C[C@@H]3[C@@H](c4ccccc4)[C@]3(C3[C@H]4CCCC[C@@H]34)C2)cc1.ClC(Cl)Cl. The van der Waals surface area contributed by atoms with Crippen LogP contribution < -0.4 is 0 Å². The Morgan fingerprint density at radius 2 is 1.52 bits per heavy atom. The van der Waals surface area contributed by atoms with Gasteiger partial charge in [-0.25, -0.2) is 8.42 Å². The van der Waals surface area contributed by atoms with Gasteiger partial charge in [0.25, 0.3) is 0 Å². The number of sulfonamides is 1. The van der Waals surface area contributed by atoms with Crippen LogP contribution in [0.1, 0.15) is 42.7 Å². The van der Waals surface area contributed by atoms with Gasteiger partial charge in [0.15, 0.2) is 4.30 Å². The predicted molar refractivity (Wildman–Crippen MR) is 135 cm³/mol. The summed E-state index contributed by atoms with van der Waals surface area (Å²) in [6.07, 6.45) is 5.44. The minimum atomic E-state index is -3.41. The predicted octanol–water partition coefficient (Wildman–Crippen LogP) is 6.82. The molecule has 2 aromatic carbocycles. The van der Waals surface area contributed by atoms with E-state index < -0.39 is 14.3 Å². The molecule has 1 heterocycles. The highest BCUT2D eigenvalue weighted by atomic mass is 35.6. The smallest absolute Gasteiger partial charge is 0.207 e. The van der Waals surface area contributed by atoms with Gasteiger partial charge in [0.05, 0.1) is 4.90 Å². The third-order valence-corrected chi connectivity index (χ3v) is 10.3. The van der Waals surface area contributed by atoms with Crippen LogP contribution in [0.2, 0.25) is 0 Å². The molecule has 6 rings (SSSR count). The van der Waals surface area contributed by atoms with Gasteiger partial charge in [-0.05, 0) is 72.5 Å². The van der Waals surface area contributed by atoms with Crippen LogP contribution in [-0.2, 0) is 10.0 Å². The maximum atomic E-state index is 13.4. The number of halogens is 3. The van der Waals surface area contributed by atoms with Crippen molar-refractivity contribution in [3.63, 3.8) is 0 Å². The van der Waals surface area contributed by atoms with E-state index in [-0.39, 0.29) is 5.41 Å². The van der Waals surface area contributed by atoms with Crippen molar-refractivity contribution in [1.29, 1.82) is 0 Å². The van der Waals surface area contributed by atoms with Gasteiger partial charge in [0.2, 0.25) is 10.0 Å². The van der Waals surface area contributed by atoms with E-state index in [1.807, 2.05) is 23.4 Å². The molecule has 178 valence electrons. The second kappa shape index (κ2) is 9.02. The Morgan fingerprint density at radius 1 is 0.939 bits per heavy atom. The van der Waals surface area contributed by atoms with Crippen molar-refractivity contribution >= 4 is 44.8 Å². The average Bonchev–Trinajstić information content (AvgIpc) is 3.63. The zero-order valence-electron chi connectivity index (χ0n) is 18.7. The van der Waals surface area contributed by atoms with Crippen molar-refractivity contribution in [2.45, 2.75) is 47.7 Å². The minimum absolute atomic E-state index is 0.179. The molecule has 0 bridgehead atoms. The first-order chi connectivity index (χ1) is 15.8. The first-order valence-electron chi connectivity index (χ1n) is 11.8. The quantitative estimate of drug-likeness (QED) is 0.410. The number of fused-ring (bicyclic) bond motifs is 2. The summed E-state index contributed by atoms with van der Waals surface area (Å²) >= 11 is 14.4. The summed E-state index contributed by atoms with van der Waals surface area (Å²) in [7, 11) is -3.41. The molecule has 1 saturated heterocycles. The van der Waals surface area contributed by atoms with Crippen LogP contribution in [0.4, 0.5) is 0 Å². The molecule has 4 aliphatic rings. The van der Waals surface area contributed by atoms with Gasteiger partial charge >= 0.3 is 0 Å². The summed E-state index contributed by atoms with van der Waals surface area (Å²) in [4.78, 5) is 0.448. The van der Waals surface area contributed by atoms with E-state index >= 15 is 0 Å². The number of nitrogens with zero attached hydrogens (tertiary/aromatic N) is 1. The van der Waals surface area contributed by atoms with Crippen molar-refractivity contribution < 1.29 is 8.42 Å². The van der Waals surface area contributed by atoms with Gasteiger partial charge in [-0.1, -0.05) is 95.7 Å². The van der Waals surface area contributed by atoms with Gasteiger partial charge < -0.3 is 0 Å². The number of hydrogen-bond acceptors (Lipinski definition) is 2. The largest absolute Gasteiger partial charge is 0.243 e. The number of hydrogen-bond donors (Lipinski definition) is 0. The van der Waals surface area contributed by atoms with Crippen LogP contribution in [0.25, 0.3) is 0 Å².